The molecular weight excluding hydrogens is 348 g/mol. The number of aromatic nitrogens is 1. The van der Waals surface area contributed by atoms with Crippen LogP contribution in [0.4, 0.5) is 11.5 Å². The first-order valence-corrected chi connectivity index (χ1v) is 8.96. The number of hydrogen-bond donors (Lipinski definition) is 2. The Morgan fingerprint density at radius 1 is 1.15 bits per heavy atom. The van der Waals surface area contributed by atoms with Crippen molar-refractivity contribution >= 4 is 39.8 Å². The standard InChI is InChI=1S/C20H19ClN4O/c21-18-11-15-3-1-2-4-17(15)20(24-18)23-12-14-5-7-16(8-6-14)25-10-9-22-19(26)13-25/h1-8,11H,9-10,12-13H2,(H,22,26)(H,23,24). The van der Waals surface area contributed by atoms with Crippen molar-refractivity contribution in [2.75, 3.05) is 29.9 Å². The molecule has 0 unspecified atom stereocenters. The summed E-state index contributed by atoms with van der Waals surface area (Å²) in [7, 11) is 0. The number of carbonyl (C=O) groups is 1. The van der Waals surface area contributed by atoms with E-state index >= 15 is 0 Å². The van der Waals surface area contributed by atoms with E-state index in [1.807, 2.05) is 30.3 Å². The van der Waals surface area contributed by atoms with Gasteiger partial charge in [-0.05, 0) is 29.1 Å². The minimum absolute atomic E-state index is 0.0703. The van der Waals surface area contributed by atoms with Gasteiger partial charge in [-0.3, -0.25) is 4.79 Å². The highest BCUT2D eigenvalue weighted by Crippen LogP contribution is 2.25. The fourth-order valence-electron chi connectivity index (χ4n) is 3.17. The maximum atomic E-state index is 11.5. The lowest BCUT2D eigenvalue weighted by Crippen LogP contribution is -2.47. The topological polar surface area (TPSA) is 57.3 Å². The fourth-order valence-corrected chi connectivity index (χ4v) is 3.37. The molecule has 1 saturated heterocycles. The second kappa shape index (κ2) is 7.22. The van der Waals surface area contributed by atoms with E-state index in [2.05, 4.69) is 44.8 Å². The van der Waals surface area contributed by atoms with Crippen LogP contribution >= 0.6 is 11.6 Å². The molecule has 0 atom stereocenters. The molecule has 0 radical (unpaired) electrons. The van der Waals surface area contributed by atoms with Gasteiger partial charge in [-0.2, -0.15) is 0 Å². The van der Waals surface area contributed by atoms with E-state index in [4.69, 9.17) is 11.6 Å². The molecule has 6 heteroatoms. The van der Waals surface area contributed by atoms with Crippen LogP contribution in [-0.2, 0) is 11.3 Å². The molecule has 132 valence electrons. The van der Waals surface area contributed by atoms with Crippen LogP contribution in [0, 0.1) is 0 Å². The van der Waals surface area contributed by atoms with Crippen LogP contribution in [0.1, 0.15) is 5.56 Å². The average molecular weight is 367 g/mol. The molecule has 4 rings (SSSR count). The predicted molar refractivity (Wildman–Crippen MR) is 106 cm³/mol. The Labute approximate surface area is 157 Å². The number of piperazine rings is 1. The third kappa shape index (κ3) is 3.58. The lowest BCUT2D eigenvalue weighted by molar-refractivity contribution is -0.120. The first kappa shape index (κ1) is 16.7. The van der Waals surface area contributed by atoms with E-state index in [9.17, 15) is 4.79 Å². The van der Waals surface area contributed by atoms with Crippen LogP contribution < -0.4 is 15.5 Å². The first-order valence-electron chi connectivity index (χ1n) is 8.59. The van der Waals surface area contributed by atoms with Crippen molar-refractivity contribution in [3.8, 4) is 0 Å². The number of halogens is 1. The summed E-state index contributed by atoms with van der Waals surface area (Å²) >= 11 is 6.13. The summed E-state index contributed by atoms with van der Waals surface area (Å²) < 4.78 is 0. The van der Waals surface area contributed by atoms with E-state index in [0.717, 1.165) is 34.4 Å². The number of nitrogens with zero attached hydrogens (tertiary/aromatic N) is 2. The van der Waals surface area contributed by atoms with Crippen LogP contribution in [0.3, 0.4) is 0 Å². The van der Waals surface area contributed by atoms with Crippen molar-refractivity contribution in [2.45, 2.75) is 6.54 Å². The van der Waals surface area contributed by atoms with Gasteiger partial charge in [0, 0.05) is 30.7 Å². The van der Waals surface area contributed by atoms with Crippen LogP contribution in [0.15, 0.2) is 54.6 Å². The van der Waals surface area contributed by atoms with E-state index in [1.165, 1.54) is 0 Å². The van der Waals surface area contributed by atoms with Gasteiger partial charge in [0.05, 0.1) is 6.54 Å². The molecule has 1 amide bonds. The monoisotopic (exact) mass is 366 g/mol. The number of rotatable bonds is 4. The first-order chi connectivity index (χ1) is 12.7. The molecule has 1 aliphatic rings. The Hall–Kier alpha value is -2.79. The Morgan fingerprint density at radius 2 is 1.96 bits per heavy atom. The molecule has 1 aliphatic heterocycles. The van der Waals surface area contributed by atoms with Gasteiger partial charge in [-0.1, -0.05) is 48.0 Å². The van der Waals surface area contributed by atoms with Crippen molar-refractivity contribution in [2.24, 2.45) is 0 Å². The number of fused-ring (bicyclic) bond motifs is 1. The van der Waals surface area contributed by atoms with Gasteiger partial charge in [-0.25, -0.2) is 4.98 Å². The second-order valence-corrected chi connectivity index (χ2v) is 6.69. The minimum Gasteiger partial charge on any atom is -0.365 e. The van der Waals surface area contributed by atoms with Gasteiger partial charge >= 0.3 is 0 Å². The van der Waals surface area contributed by atoms with Crippen molar-refractivity contribution in [1.29, 1.82) is 0 Å². The number of anilines is 2. The van der Waals surface area contributed by atoms with Crippen LogP contribution in [0.25, 0.3) is 10.8 Å². The quantitative estimate of drug-likeness (QED) is 0.694. The Bertz CT molecular complexity index is 942. The van der Waals surface area contributed by atoms with Crippen molar-refractivity contribution in [3.63, 3.8) is 0 Å². The third-order valence-electron chi connectivity index (χ3n) is 4.51. The molecule has 0 saturated carbocycles. The number of amides is 1. The molecule has 2 heterocycles. The molecule has 3 aromatic rings. The van der Waals surface area contributed by atoms with Gasteiger partial charge in [0.25, 0.3) is 0 Å². The lowest BCUT2D eigenvalue weighted by atomic mass is 10.1. The van der Waals surface area contributed by atoms with Crippen LogP contribution in [0.5, 0.6) is 0 Å². The summed E-state index contributed by atoms with van der Waals surface area (Å²) in [4.78, 5) is 18.0. The maximum Gasteiger partial charge on any atom is 0.239 e. The second-order valence-electron chi connectivity index (χ2n) is 6.31. The molecule has 5 nitrogen and oxygen atoms in total. The van der Waals surface area contributed by atoms with Gasteiger partial charge in [0.2, 0.25) is 5.91 Å². The smallest absolute Gasteiger partial charge is 0.239 e. The van der Waals surface area contributed by atoms with Gasteiger partial charge in [0.15, 0.2) is 0 Å². The molecule has 0 aliphatic carbocycles. The Morgan fingerprint density at radius 3 is 2.77 bits per heavy atom. The van der Waals surface area contributed by atoms with Crippen LogP contribution in [0.2, 0.25) is 5.15 Å². The van der Waals surface area contributed by atoms with Crippen molar-refractivity contribution < 1.29 is 4.79 Å². The zero-order chi connectivity index (χ0) is 17.9. The predicted octanol–water partition coefficient (Wildman–Crippen LogP) is 3.44. The highest BCUT2D eigenvalue weighted by Gasteiger charge is 2.16. The summed E-state index contributed by atoms with van der Waals surface area (Å²) in [6.45, 7) is 2.59. The van der Waals surface area contributed by atoms with Gasteiger partial charge in [0.1, 0.15) is 11.0 Å². The summed E-state index contributed by atoms with van der Waals surface area (Å²) in [5.74, 6) is 0.853. The van der Waals surface area contributed by atoms with Gasteiger partial charge < -0.3 is 15.5 Å². The molecule has 0 bridgehead atoms. The summed E-state index contributed by atoms with van der Waals surface area (Å²) in [5, 5.41) is 8.81. The molecule has 26 heavy (non-hydrogen) atoms. The van der Waals surface area contributed by atoms with Gasteiger partial charge in [-0.15, -0.1) is 0 Å². The van der Waals surface area contributed by atoms with E-state index in [-0.39, 0.29) is 5.91 Å². The lowest BCUT2D eigenvalue weighted by Gasteiger charge is -2.28. The molecule has 1 aromatic heterocycles. The number of benzene rings is 2. The largest absolute Gasteiger partial charge is 0.365 e. The molecule has 1 fully saturated rings. The summed E-state index contributed by atoms with van der Waals surface area (Å²) in [6, 6.07) is 18.2. The van der Waals surface area contributed by atoms with Crippen LogP contribution in [-0.4, -0.2) is 30.5 Å². The highest BCUT2D eigenvalue weighted by atomic mass is 35.5. The Balaban J connectivity index is 1.48. The third-order valence-corrected chi connectivity index (χ3v) is 4.70. The SMILES string of the molecule is O=C1CN(c2ccc(CNc3nc(Cl)cc4ccccc34)cc2)CCN1. The number of nitrogens with one attached hydrogen (secondary N) is 2. The van der Waals surface area contributed by atoms with E-state index in [0.29, 0.717) is 24.8 Å². The van der Waals surface area contributed by atoms with E-state index in [1.54, 1.807) is 0 Å². The number of carbonyl (C=O) groups excluding carboxylic acids is 1. The Kier molecular flexibility index (Phi) is 4.63. The molecule has 2 aromatic carbocycles. The van der Waals surface area contributed by atoms with Crippen molar-refractivity contribution in [1.82, 2.24) is 10.3 Å². The summed E-state index contributed by atoms with van der Waals surface area (Å²) in [5.41, 5.74) is 2.20. The van der Waals surface area contributed by atoms with Crippen molar-refractivity contribution in [3.05, 3.63) is 65.3 Å². The molecular formula is C20H19ClN4O. The minimum atomic E-state index is 0.0703. The normalized spacial score (nSPS) is 14.3. The zero-order valence-corrected chi connectivity index (χ0v) is 15.0. The summed E-state index contributed by atoms with van der Waals surface area (Å²) in [6.07, 6.45) is 0. The zero-order valence-electron chi connectivity index (χ0n) is 14.2. The molecule has 2 N–H and O–H groups in total. The number of hydrogen-bond acceptors (Lipinski definition) is 4. The number of pyridine rings is 1. The van der Waals surface area contributed by atoms with E-state index < -0.39 is 0 Å². The maximum absolute atomic E-state index is 11.5. The highest BCUT2D eigenvalue weighted by molar-refractivity contribution is 6.30. The average Bonchev–Trinajstić information content (AvgIpc) is 2.66. The molecule has 0 spiro atoms. The fraction of sp³-hybridized carbons (Fsp3) is 0.200.